The summed E-state index contributed by atoms with van der Waals surface area (Å²) < 4.78 is 4.84. The van der Waals surface area contributed by atoms with Gasteiger partial charge in [-0.3, -0.25) is 14.6 Å². The number of nitrogens with one attached hydrogen (secondary N) is 3. The molecule has 4 N–H and O–H groups in total. The SMILES string of the molecule is COC(=O)NC(C(=O)N[C@@H](Cc1ccc(-c2ccccn2)cc1)C[C@H](O)[C@H](Cc1ccccc1)NC(=O)C(N1CCN(Cc2ccccc2)C1=O)C(C)(C)C)C(C)(C)C. The highest BCUT2D eigenvalue weighted by atomic mass is 16.5. The maximum Gasteiger partial charge on any atom is 0.407 e. The zero-order chi connectivity index (χ0) is 42.7. The van der Waals surface area contributed by atoms with E-state index in [0.29, 0.717) is 32.5 Å². The lowest BCUT2D eigenvalue weighted by molar-refractivity contribution is -0.131. The highest BCUT2D eigenvalue weighted by Gasteiger charge is 2.44. The Morgan fingerprint density at radius 1 is 0.729 bits per heavy atom. The van der Waals surface area contributed by atoms with Gasteiger partial charge in [-0.25, -0.2) is 9.59 Å². The van der Waals surface area contributed by atoms with Crippen LogP contribution in [-0.2, 0) is 33.7 Å². The lowest BCUT2D eigenvalue weighted by Crippen LogP contribution is -2.59. The standard InChI is InChI=1S/C47H60N6O6/c1-46(2,3)40(51-44(57)59-7)42(55)49-36(28-33-21-23-35(24-22-33)37-20-14-15-25-48-37)30-39(54)38(29-32-16-10-8-11-17-32)50-43(56)41(47(4,5)6)53-27-26-52(45(53)58)31-34-18-12-9-13-19-34/h8-25,36,38-41,54H,26-31H2,1-7H3,(H,49,55)(H,50,56)(H,51,57)/t36-,38-,39-,40?,41?/m0/s1. The van der Waals surface area contributed by atoms with Gasteiger partial charge in [0.1, 0.15) is 12.1 Å². The van der Waals surface area contributed by atoms with E-state index in [2.05, 4.69) is 20.9 Å². The molecule has 0 radical (unpaired) electrons. The monoisotopic (exact) mass is 804 g/mol. The van der Waals surface area contributed by atoms with Gasteiger partial charge in [-0.2, -0.15) is 0 Å². The van der Waals surface area contributed by atoms with E-state index in [0.717, 1.165) is 27.9 Å². The number of hydrogen-bond acceptors (Lipinski definition) is 7. The van der Waals surface area contributed by atoms with E-state index in [1.807, 2.05) is 145 Å². The van der Waals surface area contributed by atoms with Gasteiger partial charge in [0.15, 0.2) is 0 Å². The fraction of sp³-hybridized carbons (Fsp3) is 0.426. The maximum absolute atomic E-state index is 14.6. The average Bonchev–Trinajstić information content (AvgIpc) is 3.54. The lowest BCUT2D eigenvalue weighted by Gasteiger charge is -2.38. The summed E-state index contributed by atoms with van der Waals surface area (Å²) in [4.78, 5) is 62.7. The smallest absolute Gasteiger partial charge is 0.407 e. The molecule has 0 bridgehead atoms. The van der Waals surface area contributed by atoms with Crippen molar-refractivity contribution in [3.63, 3.8) is 0 Å². The summed E-state index contributed by atoms with van der Waals surface area (Å²) in [5.41, 5.74) is 3.25. The minimum atomic E-state index is -1.14. The van der Waals surface area contributed by atoms with Gasteiger partial charge in [0.25, 0.3) is 0 Å². The molecule has 0 saturated carbocycles. The number of methoxy groups -OCH3 is 1. The van der Waals surface area contributed by atoms with Gasteiger partial charge in [0, 0.05) is 37.4 Å². The summed E-state index contributed by atoms with van der Waals surface area (Å²) in [5.74, 6) is -0.803. The van der Waals surface area contributed by atoms with E-state index >= 15 is 0 Å². The van der Waals surface area contributed by atoms with Crippen molar-refractivity contribution in [2.24, 2.45) is 10.8 Å². The minimum absolute atomic E-state index is 0.0638. The minimum Gasteiger partial charge on any atom is -0.453 e. The molecule has 59 heavy (non-hydrogen) atoms. The quantitative estimate of drug-likeness (QED) is 0.103. The number of rotatable bonds is 16. The van der Waals surface area contributed by atoms with Crippen molar-refractivity contribution >= 4 is 23.9 Å². The molecule has 12 heteroatoms. The topological polar surface area (TPSA) is 153 Å². The van der Waals surface area contributed by atoms with Crippen LogP contribution < -0.4 is 16.0 Å². The van der Waals surface area contributed by atoms with E-state index in [-0.39, 0.29) is 18.4 Å². The highest BCUT2D eigenvalue weighted by Crippen LogP contribution is 2.29. The number of aromatic nitrogens is 1. The van der Waals surface area contributed by atoms with Crippen molar-refractivity contribution in [1.82, 2.24) is 30.7 Å². The molecule has 1 fully saturated rings. The second-order valence-electron chi connectivity index (χ2n) is 17.5. The van der Waals surface area contributed by atoms with Crippen LogP contribution in [0.4, 0.5) is 9.59 Å². The molecule has 4 aromatic rings. The van der Waals surface area contributed by atoms with Crippen LogP contribution in [0.3, 0.4) is 0 Å². The zero-order valence-electron chi connectivity index (χ0n) is 35.4. The Hall–Kier alpha value is -5.75. The zero-order valence-corrected chi connectivity index (χ0v) is 35.4. The van der Waals surface area contributed by atoms with E-state index in [4.69, 9.17) is 4.74 Å². The number of carbonyl (C=O) groups excluding carboxylic acids is 4. The van der Waals surface area contributed by atoms with Gasteiger partial charge < -0.3 is 35.6 Å². The Bertz CT molecular complexity index is 1980. The van der Waals surface area contributed by atoms with Crippen molar-refractivity contribution in [1.29, 1.82) is 0 Å². The number of alkyl carbamates (subject to hydrolysis) is 1. The highest BCUT2D eigenvalue weighted by molar-refractivity contribution is 5.89. The fourth-order valence-corrected chi connectivity index (χ4v) is 7.62. The number of hydrogen-bond donors (Lipinski definition) is 4. The van der Waals surface area contributed by atoms with Crippen LogP contribution in [0.15, 0.2) is 109 Å². The molecule has 5 rings (SSSR count). The Morgan fingerprint density at radius 3 is 1.92 bits per heavy atom. The molecular weight excluding hydrogens is 745 g/mol. The molecule has 2 unspecified atom stereocenters. The molecule has 0 spiro atoms. The summed E-state index contributed by atoms with van der Waals surface area (Å²) in [7, 11) is 1.24. The van der Waals surface area contributed by atoms with Crippen LogP contribution in [0, 0.1) is 10.8 Å². The molecule has 2 heterocycles. The van der Waals surface area contributed by atoms with E-state index < -0.39 is 53.1 Å². The number of aliphatic hydroxyl groups is 1. The molecule has 1 aliphatic heterocycles. The van der Waals surface area contributed by atoms with Gasteiger partial charge in [0.2, 0.25) is 11.8 Å². The third-order valence-electron chi connectivity index (χ3n) is 10.7. The summed E-state index contributed by atoms with van der Waals surface area (Å²) in [6.45, 7) is 12.6. The number of pyridine rings is 1. The summed E-state index contributed by atoms with van der Waals surface area (Å²) >= 11 is 0. The molecule has 1 aromatic heterocycles. The van der Waals surface area contributed by atoms with Gasteiger partial charge in [0.05, 0.1) is 24.9 Å². The molecular formula is C47H60N6O6. The number of aliphatic hydroxyl groups excluding tert-OH is 1. The molecule has 5 atom stereocenters. The number of ether oxygens (including phenoxy) is 1. The molecule has 1 aliphatic rings. The summed E-state index contributed by atoms with van der Waals surface area (Å²) in [6.07, 6.45) is 0.573. The van der Waals surface area contributed by atoms with E-state index in [1.165, 1.54) is 7.11 Å². The van der Waals surface area contributed by atoms with Gasteiger partial charge in [-0.1, -0.05) is 133 Å². The van der Waals surface area contributed by atoms with Crippen molar-refractivity contribution < 1.29 is 29.0 Å². The number of amides is 5. The van der Waals surface area contributed by atoms with E-state index in [9.17, 15) is 24.3 Å². The van der Waals surface area contributed by atoms with Crippen LogP contribution >= 0.6 is 0 Å². The van der Waals surface area contributed by atoms with Crippen molar-refractivity contribution in [3.05, 3.63) is 126 Å². The van der Waals surface area contributed by atoms with Crippen LogP contribution in [0.2, 0.25) is 0 Å². The Kier molecular flexibility index (Phi) is 14.9. The number of nitrogens with zero attached hydrogens (tertiary/aromatic N) is 3. The Labute approximate surface area is 348 Å². The first-order valence-corrected chi connectivity index (χ1v) is 20.3. The van der Waals surface area contributed by atoms with Crippen molar-refractivity contribution in [2.45, 2.75) is 97.6 Å². The predicted molar refractivity (Wildman–Crippen MR) is 229 cm³/mol. The van der Waals surface area contributed by atoms with Gasteiger partial charge in [-0.15, -0.1) is 0 Å². The van der Waals surface area contributed by atoms with Gasteiger partial charge in [-0.05, 0) is 58.9 Å². The normalized spacial score (nSPS) is 15.8. The molecule has 314 valence electrons. The van der Waals surface area contributed by atoms with Crippen LogP contribution in [0.5, 0.6) is 0 Å². The molecule has 5 amide bonds. The fourth-order valence-electron chi connectivity index (χ4n) is 7.62. The maximum atomic E-state index is 14.6. The first-order valence-electron chi connectivity index (χ1n) is 20.3. The average molecular weight is 805 g/mol. The Morgan fingerprint density at radius 2 is 1.34 bits per heavy atom. The van der Waals surface area contributed by atoms with Crippen LogP contribution in [-0.4, -0.2) is 94.3 Å². The molecule has 12 nitrogen and oxygen atoms in total. The Balaban J connectivity index is 1.42. The number of benzene rings is 3. The van der Waals surface area contributed by atoms with E-state index in [1.54, 1.807) is 16.0 Å². The third kappa shape index (κ3) is 12.4. The first-order chi connectivity index (χ1) is 28.0. The predicted octanol–water partition coefficient (Wildman–Crippen LogP) is 6.38. The van der Waals surface area contributed by atoms with Crippen molar-refractivity contribution in [3.8, 4) is 11.3 Å². The largest absolute Gasteiger partial charge is 0.453 e. The summed E-state index contributed by atoms with van der Waals surface area (Å²) in [5, 5.41) is 21.2. The number of urea groups is 1. The summed E-state index contributed by atoms with van der Waals surface area (Å²) in [6, 6.07) is 29.5. The third-order valence-corrected chi connectivity index (χ3v) is 10.7. The van der Waals surface area contributed by atoms with Gasteiger partial charge >= 0.3 is 12.1 Å². The number of carbonyl (C=O) groups is 4. The lowest BCUT2D eigenvalue weighted by atomic mass is 9.84. The first kappa shape index (κ1) is 44.4. The van der Waals surface area contributed by atoms with Crippen molar-refractivity contribution in [2.75, 3.05) is 20.2 Å². The second-order valence-corrected chi connectivity index (χ2v) is 17.5. The second kappa shape index (κ2) is 19.8. The molecule has 0 aliphatic carbocycles. The molecule has 3 aromatic carbocycles. The van der Waals surface area contributed by atoms with Crippen LogP contribution in [0.1, 0.15) is 64.7 Å². The molecule has 1 saturated heterocycles. The van der Waals surface area contributed by atoms with Crippen LogP contribution in [0.25, 0.3) is 11.3 Å².